The minimum atomic E-state index is -0.0207. The lowest BCUT2D eigenvalue weighted by atomic mass is 10.1. The lowest BCUT2D eigenvalue weighted by Gasteiger charge is -2.24. The first-order chi connectivity index (χ1) is 8.63. The smallest absolute Gasteiger partial charge is 0.161 e. The van der Waals surface area contributed by atoms with Crippen molar-refractivity contribution >= 4 is 11.5 Å². The first-order valence-corrected chi connectivity index (χ1v) is 5.87. The summed E-state index contributed by atoms with van der Waals surface area (Å²) >= 11 is 0. The third kappa shape index (κ3) is 3.12. The topological polar surface area (TPSA) is 44.1 Å². The van der Waals surface area contributed by atoms with Crippen LogP contribution in [0.5, 0.6) is 0 Å². The molecule has 0 aliphatic heterocycles. The van der Waals surface area contributed by atoms with E-state index in [2.05, 4.69) is 12.0 Å². The van der Waals surface area contributed by atoms with Crippen LogP contribution in [0.3, 0.4) is 0 Å². The molecule has 0 fully saturated rings. The van der Waals surface area contributed by atoms with E-state index in [1.807, 2.05) is 11.8 Å². The van der Waals surface area contributed by atoms with Crippen molar-refractivity contribution in [1.29, 1.82) is 5.26 Å². The molecule has 3 nitrogen and oxygen atoms in total. The van der Waals surface area contributed by atoms with Gasteiger partial charge in [0.25, 0.3) is 0 Å². The fourth-order valence-corrected chi connectivity index (χ4v) is 1.83. The van der Waals surface area contributed by atoms with E-state index < -0.39 is 0 Å². The van der Waals surface area contributed by atoms with Crippen LogP contribution in [0.1, 0.15) is 36.2 Å². The molecule has 0 saturated heterocycles. The predicted molar refractivity (Wildman–Crippen MR) is 72.5 cm³/mol. The highest BCUT2D eigenvalue weighted by atomic mass is 16.1. The summed E-state index contributed by atoms with van der Waals surface area (Å²) in [7, 11) is 0. The van der Waals surface area contributed by atoms with Crippen molar-refractivity contribution in [3.05, 3.63) is 29.3 Å². The van der Waals surface area contributed by atoms with E-state index in [0.717, 1.165) is 18.7 Å². The molecule has 18 heavy (non-hydrogen) atoms. The van der Waals surface area contributed by atoms with Gasteiger partial charge in [-0.25, -0.2) is 0 Å². The molecule has 1 aromatic rings. The molecule has 3 heteroatoms. The van der Waals surface area contributed by atoms with Gasteiger partial charge in [0.2, 0.25) is 0 Å². The Morgan fingerprint density at radius 1 is 1.50 bits per heavy atom. The molecule has 1 rings (SSSR count). The number of terminal acetylenes is 1. The standard InChI is InChI=1S/C15H16N2O/c1-4-8-17(9-5-2)15-10-13(11-16)6-7-14(15)12(3)18/h1,6-7,10H,5,8-9H2,2-3H3. The van der Waals surface area contributed by atoms with Crippen molar-refractivity contribution in [1.82, 2.24) is 0 Å². The maximum absolute atomic E-state index is 11.6. The van der Waals surface area contributed by atoms with Gasteiger partial charge in [-0.1, -0.05) is 12.8 Å². The fourth-order valence-electron chi connectivity index (χ4n) is 1.83. The largest absolute Gasteiger partial charge is 0.360 e. The van der Waals surface area contributed by atoms with Crippen molar-refractivity contribution in [2.75, 3.05) is 18.0 Å². The van der Waals surface area contributed by atoms with E-state index in [4.69, 9.17) is 11.7 Å². The van der Waals surface area contributed by atoms with Gasteiger partial charge in [-0.05, 0) is 31.5 Å². The molecule has 0 N–H and O–H groups in total. The van der Waals surface area contributed by atoms with Gasteiger partial charge in [0.15, 0.2) is 5.78 Å². The molecular weight excluding hydrogens is 224 g/mol. The van der Waals surface area contributed by atoms with E-state index in [1.54, 1.807) is 18.2 Å². The second-order valence-electron chi connectivity index (χ2n) is 4.03. The molecule has 0 aromatic heterocycles. The molecular formula is C15H16N2O. The number of nitrogens with zero attached hydrogens (tertiary/aromatic N) is 2. The molecule has 0 amide bonds. The lowest BCUT2D eigenvalue weighted by molar-refractivity contribution is 0.101. The first-order valence-electron chi connectivity index (χ1n) is 5.87. The average molecular weight is 240 g/mol. The predicted octanol–water partition coefficient (Wildman–Crippen LogP) is 2.61. The number of hydrogen-bond donors (Lipinski definition) is 0. The van der Waals surface area contributed by atoms with Gasteiger partial charge in [0, 0.05) is 17.8 Å². The van der Waals surface area contributed by atoms with Crippen LogP contribution in [-0.2, 0) is 0 Å². The van der Waals surface area contributed by atoms with Crippen molar-refractivity contribution in [3.63, 3.8) is 0 Å². The molecule has 0 spiro atoms. The molecule has 0 unspecified atom stereocenters. The van der Waals surface area contributed by atoms with Gasteiger partial charge in [0.05, 0.1) is 18.2 Å². The Bertz CT molecular complexity index is 520. The second kappa shape index (κ2) is 6.47. The summed E-state index contributed by atoms with van der Waals surface area (Å²) in [4.78, 5) is 13.6. The van der Waals surface area contributed by atoms with Crippen molar-refractivity contribution < 1.29 is 4.79 Å². The Hall–Kier alpha value is -2.26. The molecule has 0 aliphatic carbocycles. The summed E-state index contributed by atoms with van der Waals surface area (Å²) in [6.07, 6.45) is 6.28. The number of rotatable bonds is 5. The van der Waals surface area contributed by atoms with Crippen LogP contribution >= 0.6 is 0 Å². The number of hydrogen-bond acceptors (Lipinski definition) is 3. The number of carbonyl (C=O) groups is 1. The summed E-state index contributed by atoms with van der Waals surface area (Å²) in [5.41, 5.74) is 1.90. The van der Waals surface area contributed by atoms with Crippen molar-refractivity contribution in [2.45, 2.75) is 20.3 Å². The number of anilines is 1. The molecule has 0 heterocycles. The van der Waals surface area contributed by atoms with Crippen LogP contribution < -0.4 is 4.90 Å². The van der Waals surface area contributed by atoms with Crippen LogP contribution in [0.25, 0.3) is 0 Å². The van der Waals surface area contributed by atoms with Crippen LogP contribution in [0.4, 0.5) is 5.69 Å². The third-order valence-corrected chi connectivity index (χ3v) is 2.62. The van der Waals surface area contributed by atoms with Gasteiger partial charge in [-0.15, -0.1) is 6.42 Å². The zero-order chi connectivity index (χ0) is 13.5. The summed E-state index contributed by atoms with van der Waals surface area (Å²) in [5, 5.41) is 8.94. The molecule has 0 bridgehead atoms. The number of nitriles is 1. The fraction of sp³-hybridized carbons (Fsp3) is 0.333. The van der Waals surface area contributed by atoms with Crippen molar-refractivity contribution in [2.24, 2.45) is 0 Å². The van der Waals surface area contributed by atoms with E-state index in [-0.39, 0.29) is 5.78 Å². The summed E-state index contributed by atoms with van der Waals surface area (Å²) in [6.45, 7) is 4.76. The highest BCUT2D eigenvalue weighted by Crippen LogP contribution is 2.23. The van der Waals surface area contributed by atoms with Crippen LogP contribution in [0.2, 0.25) is 0 Å². The lowest BCUT2D eigenvalue weighted by Crippen LogP contribution is -2.26. The quantitative estimate of drug-likeness (QED) is 0.587. The van der Waals surface area contributed by atoms with Crippen LogP contribution in [0.15, 0.2) is 18.2 Å². The molecule has 0 saturated carbocycles. The van der Waals surface area contributed by atoms with Crippen LogP contribution in [-0.4, -0.2) is 18.9 Å². The van der Waals surface area contributed by atoms with Crippen molar-refractivity contribution in [3.8, 4) is 18.4 Å². The molecule has 0 atom stereocenters. The highest BCUT2D eigenvalue weighted by molar-refractivity contribution is 6.00. The van der Waals surface area contributed by atoms with Gasteiger partial charge in [-0.2, -0.15) is 5.26 Å². The zero-order valence-electron chi connectivity index (χ0n) is 10.7. The van der Waals surface area contributed by atoms with Crippen LogP contribution in [0, 0.1) is 23.7 Å². The van der Waals surface area contributed by atoms with Gasteiger partial charge in [0.1, 0.15) is 0 Å². The summed E-state index contributed by atoms with van der Waals surface area (Å²) < 4.78 is 0. The summed E-state index contributed by atoms with van der Waals surface area (Å²) in [6, 6.07) is 7.15. The minimum Gasteiger partial charge on any atom is -0.360 e. The minimum absolute atomic E-state index is 0.0207. The monoisotopic (exact) mass is 240 g/mol. The second-order valence-corrected chi connectivity index (χ2v) is 4.03. The maximum Gasteiger partial charge on any atom is 0.161 e. The Morgan fingerprint density at radius 3 is 2.72 bits per heavy atom. The van der Waals surface area contributed by atoms with Gasteiger partial charge in [-0.3, -0.25) is 4.79 Å². The summed E-state index contributed by atoms with van der Waals surface area (Å²) in [5.74, 6) is 2.57. The Kier molecular flexibility index (Phi) is 4.96. The number of benzene rings is 1. The molecule has 0 radical (unpaired) electrons. The number of ketones is 1. The average Bonchev–Trinajstić information content (AvgIpc) is 2.37. The van der Waals surface area contributed by atoms with E-state index in [1.165, 1.54) is 6.92 Å². The third-order valence-electron chi connectivity index (χ3n) is 2.62. The van der Waals surface area contributed by atoms with Gasteiger partial charge >= 0.3 is 0 Å². The Labute approximate surface area is 108 Å². The first kappa shape index (κ1) is 13.8. The van der Waals surface area contributed by atoms with E-state index in [9.17, 15) is 4.79 Å². The van der Waals surface area contributed by atoms with Gasteiger partial charge < -0.3 is 4.90 Å². The highest BCUT2D eigenvalue weighted by Gasteiger charge is 2.13. The number of Topliss-reactive ketones (excluding diaryl/α,β-unsaturated/α-hetero) is 1. The molecule has 1 aromatic carbocycles. The van der Waals surface area contributed by atoms with E-state index >= 15 is 0 Å². The molecule has 0 aliphatic rings. The SMILES string of the molecule is C#CCN(CCC)c1cc(C#N)ccc1C(C)=O. The van der Waals surface area contributed by atoms with E-state index in [0.29, 0.717) is 17.7 Å². The molecule has 92 valence electrons. The number of carbonyl (C=O) groups excluding carboxylic acids is 1. The Balaban J connectivity index is 3.28. The Morgan fingerprint density at radius 2 is 2.22 bits per heavy atom. The normalized spacial score (nSPS) is 9.33. The maximum atomic E-state index is 11.6. The zero-order valence-corrected chi connectivity index (χ0v) is 10.7.